The van der Waals surface area contributed by atoms with E-state index in [0.29, 0.717) is 23.8 Å². The van der Waals surface area contributed by atoms with Gasteiger partial charge < -0.3 is 4.74 Å². The monoisotopic (exact) mass is 237 g/mol. The molecule has 0 amide bonds. The van der Waals surface area contributed by atoms with Crippen LogP contribution in [-0.2, 0) is 9.53 Å². The van der Waals surface area contributed by atoms with Gasteiger partial charge in [-0.1, -0.05) is 0 Å². The van der Waals surface area contributed by atoms with Gasteiger partial charge in [-0.2, -0.15) is 0 Å². The van der Waals surface area contributed by atoms with E-state index in [1.165, 1.54) is 32.2 Å². The highest BCUT2D eigenvalue weighted by molar-refractivity contribution is 5.83. The fourth-order valence-electron chi connectivity index (χ4n) is 3.94. The first kappa shape index (κ1) is 11.7. The van der Waals surface area contributed by atoms with Gasteiger partial charge in [0, 0.05) is 31.0 Å². The number of carbonyl (C=O) groups is 1. The lowest BCUT2D eigenvalue weighted by Gasteiger charge is -2.37. The highest BCUT2D eigenvalue weighted by Gasteiger charge is 2.40. The quantitative estimate of drug-likeness (QED) is 0.735. The van der Waals surface area contributed by atoms with Crippen LogP contribution in [0, 0.1) is 5.92 Å². The van der Waals surface area contributed by atoms with Crippen LogP contribution < -0.4 is 0 Å². The fourth-order valence-corrected chi connectivity index (χ4v) is 3.94. The second-order valence-electron chi connectivity index (χ2n) is 5.78. The maximum Gasteiger partial charge on any atom is 0.137 e. The van der Waals surface area contributed by atoms with Crippen molar-refractivity contribution in [1.82, 2.24) is 4.90 Å². The molecule has 0 aromatic carbocycles. The van der Waals surface area contributed by atoms with E-state index in [4.69, 9.17) is 4.74 Å². The molecule has 2 saturated heterocycles. The number of nitrogens with zero attached hydrogens (tertiary/aromatic N) is 1. The zero-order valence-electron chi connectivity index (χ0n) is 10.6. The molecular weight excluding hydrogens is 214 g/mol. The van der Waals surface area contributed by atoms with E-state index in [-0.39, 0.29) is 0 Å². The first-order valence-corrected chi connectivity index (χ1v) is 7.22. The Morgan fingerprint density at radius 2 is 2.06 bits per heavy atom. The molecule has 3 aliphatic rings. The maximum atomic E-state index is 11.9. The molecule has 17 heavy (non-hydrogen) atoms. The molecule has 3 rings (SSSR count). The molecule has 0 aromatic rings. The van der Waals surface area contributed by atoms with Crippen LogP contribution in [0.4, 0.5) is 0 Å². The smallest absolute Gasteiger partial charge is 0.137 e. The minimum Gasteiger partial charge on any atom is -0.380 e. The zero-order chi connectivity index (χ0) is 11.7. The standard InChI is InChI=1S/C14H23NO2/c16-14-7-1-5-12(14)13-6-2-8-15(13)11-4-3-9-17-10-11/h11-13H,1-10H2. The number of ether oxygens (including phenoxy) is 1. The predicted octanol–water partition coefficient (Wildman–Crippen LogP) is 2.00. The molecule has 2 heterocycles. The van der Waals surface area contributed by atoms with E-state index in [0.717, 1.165) is 32.5 Å². The molecule has 3 unspecified atom stereocenters. The van der Waals surface area contributed by atoms with Crippen LogP contribution in [0.3, 0.4) is 0 Å². The van der Waals surface area contributed by atoms with E-state index in [9.17, 15) is 4.79 Å². The lowest BCUT2D eigenvalue weighted by molar-refractivity contribution is -0.122. The van der Waals surface area contributed by atoms with Gasteiger partial charge in [0.15, 0.2) is 0 Å². The molecule has 3 nitrogen and oxygen atoms in total. The molecule has 1 saturated carbocycles. The lowest BCUT2D eigenvalue weighted by Crippen LogP contribution is -2.47. The highest BCUT2D eigenvalue weighted by Crippen LogP contribution is 2.35. The molecule has 1 aliphatic carbocycles. The Balaban J connectivity index is 1.68. The van der Waals surface area contributed by atoms with Gasteiger partial charge in [0.25, 0.3) is 0 Å². The normalized spacial score (nSPS) is 40.0. The topological polar surface area (TPSA) is 29.5 Å². The summed E-state index contributed by atoms with van der Waals surface area (Å²) in [5.74, 6) is 0.873. The average Bonchev–Trinajstić information content (AvgIpc) is 2.98. The van der Waals surface area contributed by atoms with Crippen molar-refractivity contribution in [2.24, 2.45) is 5.92 Å². The van der Waals surface area contributed by atoms with Crippen LogP contribution in [0.1, 0.15) is 44.9 Å². The number of rotatable bonds is 2. The van der Waals surface area contributed by atoms with Crippen molar-refractivity contribution < 1.29 is 9.53 Å². The average molecular weight is 237 g/mol. The molecule has 96 valence electrons. The van der Waals surface area contributed by atoms with Gasteiger partial charge in [-0.3, -0.25) is 9.69 Å². The summed E-state index contributed by atoms with van der Waals surface area (Å²) < 4.78 is 5.61. The van der Waals surface area contributed by atoms with Crippen LogP contribution in [0.15, 0.2) is 0 Å². The van der Waals surface area contributed by atoms with E-state index in [1.54, 1.807) is 0 Å². The predicted molar refractivity (Wildman–Crippen MR) is 65.9 cm³/mol. The molecule has 2 aliphatic heterocycles. The zero-order valence-corrected chi connectivity index (χ0v) is 10.6. The van der Waals surface area contributed by atoms with E-state index < -0.39 is 0 Å². The van der Waals surface area contributed by atoms with Crippen molar-refractivity contribution in [3.63, 3.8) is 0 Å². The highest BCUT2D eigenvalue weighted by atomic mass is 16.5. The number of Topliss-reactive ketones (excluding diaryl/α,β-unsaturated/α-hetero) is 1. The van der Waals surface area contributed by atoms with Gasteiger partial charge in [-0.15, -0.1) is 0 Å². The Hall–Kier alpha value is -0.410. The Bertz CT molecular complexity index is 286. The summed E-state index contributed by atoms with van der Waals surface area (Å²) in [5.41, 5.74) is 0. The van der Waals surface area contributed by atoms with Crippen molar-refractivity contribution in [2.45, 2.75) is 57.0 Å². The van der Waals surface area contributed by atoms with Crippen LogP contribution >= 0.6 is 0 Å². The van der Waals surface area contributed by atoms with Crippen LogP contribution in [0.25, 0.3) is 0 Å². The van der Waals surface area contributed by atoms with Crippen LogP contribution in [0.2, 0.25) is 0 Å². The van der Waals surface area contributed by atoms with Crippen molar-refractivity contribution >= 4 is 5.78 Å². The summed E-state index contributed by atoms with van der Waals surface area (Å²) in [7, 11) is 0. The molecule has 0 N–H and O–H groups in total. The molecule has 0 spiro atoms. The summed E-state index contributed by atoms with van der Waals surface area (Å²) >= 11 is 0. The van der Waals surface area contributed by atoms with Gasteiger partial charge >= 0.3 is 0 Å². The van der Waals surface area contributed by atoms with Gasteiger partial charge in [-0.05, 0) is 45.1 Å². The Kier molecular flexibility index (Phi) is 3.48. The SMILES string of the molecule is O=C1CCCC1C1CCCN1C1CCCOC1. The molecule has 0 bridgehead atoms. The summed E-state index contributed by atoms with van der Waals surface area (Å²) in [5, 5.41) is 0. The van der Waals surface area contributed by atoms with E-state index in [1.807, 2.05) is 0 Å². The third-order valence-corrected chi connectivity index (χ3v) is 4.76. The van der Waals surface area contributed by atoms with E-state index in [2.05, 4.69) is 4.90 Å². The number of hydrogen-bond acceptors (Lipinski definition) is 3. The number of hydrogen-bond donors (Lipinski definition) is 0. The molecule has 0 aromatic heterocycles. The summed E-state index contributed by atoms with van der Waals surface area (Å²) in [6.45, 7) is 3.00. The minimum atomic E-state index is 0.347. The third-order valence-electron chi connectivity index (χ3n) is 4.76. The van der Waals surface area contributed by atoms with Gasteiger partial charge in [0.05, 0.1) is 6.61 Å². The van der Waals surface area contributed by atoms with Gasteiger partial charge in [0.1, 0.15) is 5.78 Å². The summed E-state index contributed by atoms with van der Waals surface area (Å²) in [6, 6.07) is 1.13. The lowest BCUT2D eigenvalue weighted by atomic mass is 9.93. The molecule has 3 fully saturated rings. The number of likely N-dealkylation sites (tertiary alicyclic amines) is 1. The number of carbonyl (C=O) groups excluding carboxylic acids is 1. The van der Waals surface area contributed by atoms with Crippen molar-refractivity contribution in [3.8, 4) is 0 Å². The summed E-state index contributed by atoms with van der Waals surface area (Å²) in [4.78, 5) is 14.5. The molecule has 3 heteroatoms. The molecule has 0 radical (unpaired) electrons. The Labute approximate surface area is 104 Å². The Morgan fingerprint density at radius 1 is 1.12 bits per heavy atom. The molecule has 3 atom stereocenters. The Morgan fingerprint density at radius 3 is 2.76 bits per heavy atom. The second-order valence-corrected chi connectivity index (χ2v) is 5.78. The van der Waals surface area contributed by atoms with Crippen molar-refractivity contribution in [1.29, 1.82) is 0 Å². The third kappa shape index (κ3) is 2.27. The second kappa shape index (κ2) is 5.07. The maximum absolute atomic E-state index is 11.9. The van der Waals surface area contributed by atoms with Crippen LogP contribution in [-0.4, -0.2) is 42.5 Å². The first-order valence-electron chi connectivity index (χ1n) is 7.22. The van der Waals surface area contributed by atoms with Crippen LogP contribution in [0.5, 0.6) is 0 Å². The largest absolute Gasteiger partial charge is 0.380 e. The van der Waals surface area contributed by atoms with Gasteiger partial charge in [0.2, 0.25) is 0 Å². The fraction of sp³-hybridized carbons (Fsp3) is 0.929. The van der Waals surface area contributed by atoms with Crippen molar-refractivity contribution in [3.05, 3.63) is 0 Å². The van der Waals surface area contributed by atoms with Crippen molar-refractivity contribution in [2.75, 3.05) is 19.8 Å². The van der Waals surface area contributed by atoms with Gasteiger partial charge in [-0.25, -0.2) is 0 Å². The molecular formula is C14H23NO2. The number of ketones is 1. The summed E-state index contributed by atoms with van der Waals surface area (Å²) in [6.07, 6.45) is 8.03. The first-order chi connectivity index (χ1) is 8.36. The van der Waals surface area contributed by atoms with E-state index >= 15 is 0 Å². The minimum absolute atomic E-state index is 0.347.